The van der Waals surface area contributed by atoms with Gasteiger partial charge in [-0.3, -0.25) is 24.4 Å². The Kier molecular flexibility index (Phi) is 33.0. The number of H-pyrrole nitrogens is 4. The molecule has 6 aliphatic rings. The minimum atomic E-state index is -4.45. The lowest BCUT2D eigenvalue weighted by molar-refractivity contribution is -0.144. The second-order valence-electron chi connectivity index (χ2n) is 37.1. The van der Waals surface area contributed by atoms with Gasteiger partial charge in [-0.05, 0) is 301 Å². The molecule has 12 aromatic carbocycles. The van der Waals surface area contributed by atoms with Crippen molar-refractivity contribution in [2.45, 2.75) is 119 Å². The van der Waals surface area contributed by atoms with E-state index < -0.39 is 42.1 Å². The van der Waals surface area contributed by atoms with Crippen molar-refractivity contribution >= 4 is 193 Å². The number of aromatic nitrogens is 4. The summed E-state index contributed by atoms with van der Waals surface area (Å²) in [5.74, 6) is 4.03. The SMILES string of the molecule is CC(C)c1ccc(C2c3[nH]c4ccc(Br)cc4c3CCN2C(=O)Oc2ccc(Cl)cc2)cc1.O=C(Oc1ccc(Cl)cc1)N1CCc2c([nH]c3ccc(Br)cc23)C1c1ccc(C(F)(F)F)cc1.O=C(Oc1ccc(Cl)cc1)N1CCc2c([nH]c3ccc(Cl)cc23)C1c1ccc(OCCO)cc1.O=C1NC2CSC(CCCCC(=O)OCCOc3ccc(C4c5[nH]c6ccc(Cl)cc6c5CCN4C(=O)Oc4ccc(Cl)cc4)cc3)C2N1.[HH]. The van der Waals surface area contributed by atoms with Crippen LogP contribution >= 0.6 is 113 Å². The second-order valence-corrected chi connectivity index (χ2v) is 42.8. The van der Waals surface area contributed by atoms with E-state index in [1.807, 2.05) is 126 Å². The summed E-state index contributed by atoms with van der Waals surface area (Å²) >= 11 is 45.5. The van der Waals surface area contributed by atoms with Crippen molar-refractivity contribution < 1.29 is 81.6 Å². The van der Waals surface area contributed by atoms with Gasteiger partial charge < -0.3 is 68.8 Å². The third-order valence-electron chi connectivity index (χ3n) is 27.3. The number of carbonyl (C=O) groups excluding carboxylic acids is 6. The number of halogens is 11. The predicted octanol–water partition coefficient (Wildman–Crippen LogP) is 29.1. The lowest BCUT2D eigenvalue weighted by Gasteiger charge is -2.35. The molecule has 7 atom stereocenters. The van der Waals surface area contributed by atoms with Gasteiger partial charge in [0, 0.05) is 150 Å². The van der Waals surface area contributed by atoms with E-state index in [0.29, 0.717) is 133 Å². The first-order chi connectivity index (χ1) is 72.5. The number of ether oxygens (including phenoxy) is 7. The summed E-state index contributed by atoms with van der Waals surface area (Å²) in [6.45, 7) is 6.71. The number of benzene rings is 12. The number of fused-ring (bicyclic) bond motifs is 13. The van der Waals surface area contributed by atoms with Crippen LogP contribution in [0.15, 0.2) is 276 Å². The molecule has 4 aromatic heterocycles. The number of aliphatic hydroxyl groups is 1. The fourth-order valence-corrected chi connectivity index (χ4v) is 23.2. The molecule has 0 radical (unpaired) electrons. The first kappa shape index (κ1) is 105. The van der Waals surface area contributed by atoms with Crippen LogP contribution in [0.1, 0.15) is 149 Å². The van der Waals surface area contributed by atoms with E-state index in [2.05, 4.69) is 113 Å². The van der Waals surface area contributed by atoms with Crippen molar-refractivity contribution in [2.75, 3.05) is 58.4 Å². The van der Waals surface area contributed by atoms with Crippen molar-refractivity contribution in [3.05, 3.63) is 384 Å². The summed E-state index contributed by atoms with van der Waals surface area (Å²) < 4.78 is 80.9. The number of hydrogen-bond acceptors (Lipinski definition) is 15. The summed E-state index contributed by atoms with van der Waals surface area (Å²) in [6, 6.07) is 77.3. The van der Waals surface area contributed by atoms with E-state index in [-0.39, 0.29) is 70.1 Å². The van der Waals surface area contributed by atoms with Crippen LogP contribution in [0.25, 0.3) is 43.6 Å². The van der Waals surface area contributed by atoms with Gasteiger partial charge in [-0.15, -0.1) is 0 Å². The topological polar surface area (TPSA) is 287 Å². The van der Waals surface area contributed by atoms with Gasteiger partial charge in [0.25, 0.3) is 0 Å². The Balaban J connectivity index is 0.000000133. The predicted molar refractivity (Wildman–Crippen MR) is 587 cm³/mol. The zero-order valence-electron chi connectivity index (χ0n) is 80.7. The largest absolute Gasteiger partial charge is 0.491 e. The number of esters is 1. The number of nitrogens with one attached hydrogen (secondary N) is 6. The Morgan fingerprint density at radius 1 is 0.413 bits per heavy atom. The minimum absolute atomic E-state index is 0. The smallest absolute Gasteiger partial charge is 0.416 e. The molecule has 10 heterocycles. The number of hydrogen-bond donors (Lipinski definition) is 7. The highest BCUT2D eigenvalue weighted by molar-refractivity contribution is 9.10. The van der Waals surface area contributed by atoms with E-state index >= 15 is 0 Å². The number of carbonyl (C=O) groups is 6. The van der Waals surface area contributed by atoms with Gasteiger partial charge in [0.15, 0.2) is 0 Å². The number of urea groups is 1. The molecule has 0 bridgehead atoms. The zero-order valence-corrected chi connectivity index (χ0v) is 89.2. The van der Waals surface area contributed by atoms with Gasteiger partial charge in [-0.1, -0.05) is 182 Å². The molecule has 24 nitrogen and oxygen atoms in total. The maximum absolute atomic E-state index is 13.6. The second kappa shape index (κ2) is 46.9. The Hall–Kier alpha value is -13.0. The van der Waals surface area contributed by atoms with Crippen molar-refractivity contribution in [2.24, 2.45) is 0 Å². The number of amides is 6. The number of nitrogens with zero attached hydrogens (tertiary/aromatic N) is 4. The molecular formula is C114H101Br2Cl6F3N10O14S. The number of aliphatic hydroxyl groups excluding tert-OH is 1. The molecule has 6 aliphatic heterocycles. The summed E-state index contributed by atoms with van der Waals surface area (Å²) in [7, 11) is 0. The normalized spacial score (nSPS) is 17.4. The summed E-state index contributed by atoms with van der Waals surface area (Å²) in [5.41, 5.74) is 15.9. The van der Waals surface area contributed by atoms with Crippen LogP contribution in [0.5, 0.6) is 34.5 Å². The molecule has 6 amide bonds. The highest BCUT2D eigenvalue weighted by atomic mass is 79.9. The van der Waals surface area contributed by atoms with E-state index in [9.17, 15) is 41.9 Å². The average Bonchev–Trinajstić information content (AvgIpc) is 1.64. The number of unbranched alkanes of at least 4 members (excludes halogenated alkanes) is 1. The van der Waals surface area contributed by atoms with Crippen LogP contribution in [-0.4, -0.2) is 157 Å². The van der Waals surface area contributed by atoms with E-state index in [0.717, 1.165) is 147 Å². The van der Waals surface area contributed by atoms with Gasteiger partial charge >= 0.3 is 42.5 Å². The Morgan fingerprint density at radius 3 is 1.09 bits per heavy atom. The van der Waals surface area contributed by atoms with Crippen molar-refractivity contribution in [1.82, 2.24) is 50.2 Å². The molecule has 2 saturated heterocycles. The average molecular weight is 2300 g/mol. The van der Waals surface area contributed by atoms with Crippen LogP contribution < -0.4 is 39.1 Å². The Bertz CT molecular complexity index is 7640. The lowest BCUT2D eigenvalue weighted by Crippen LogP contribution is -2.42. The molecule has 16 aromatic rings. The van der Waals surface area contributed by atoms with Crippen molar-refractivity contribution in [3.63, 3.8) is 0 Å². The molecule has 0 saturated carbocycles. The molecule has 0 spiro atoms. The fourth-order valence-electron chi connectivity index (χ4n) is 20.1. The molecule has 7 unspecified atom stereocenters. The molecule has 0 aliphatic carbocycles. The first-order valence-electron chi connectivity index (χ1n) is 48.8. The lowest BCUT2D eigenvalue weighted by atomic mass is 9.91. The van der Waals surface area contributed by atoms with E-state index in [1.165, 1.54) is 33.5 Å². The quantitative estimate of drug-likeness (QED) is 0.0200. The molecular weight excluding hydrogens is 2190 g/mol. The van der Waals surface area contributed by atoms with Gasteiger partial charge in [0.2, 0.25) is 0 Å². The van der Waals surface area contributed by atoms with Crippen LogP contribution in [0.2, 0.25) is 30.1 Å². The number of aromatic amines is 4. The summed E-state index contributed by atoms with van der Waals surface area (Å²) in [5, 5.41) is 23.2. The van der Waals surface area contributed by atoms with Crippen molar-refractivity contribution in [3.8, 4) is 34.5 Å². The van der Waals surface area contributed by atoms with E-state index in [4.69, 9.17) is 108 Å². The molecule has 7 N–H and O–H groups in total. The zero-order chi connectivity index (χ0) is 105. The Morgan fingerprint density at radius 2 is 0.740 bits per heavy atom. The highest BCUT2D eigenvalue weighted by Crippen LogP contribution is 2.48. The third kappa shape index (κ3) is 24.3. The van der Waals surface area contributed by atoms with E-state index in [1.54, 1.807) is 107 Å². The number of alkyl halides is 3. The minimum Gasteiger partial charge on any atom is -0.491 e. The Labute approximate surface area is 913 Å². The number of rotatable bonds is 21. The standard InChI is InChI=1S/C36H36Cl2N4O6S.C27H24BrClN2O2.C26H22Cl2N2O4.C25H17BrClF3N2O2.H2/c37-22-7-12-25(13-8-22)48-36(45)42-16-15-26-27-19-23(38)9-14-28(27)39-32(26)34(42)21-5-10-24(11-6-21)46-17-18-47-31(43)4-2-1-3-30-33-29(20-49-30)40-35(44)41-33;1-16(2)17-3-5-18(6-4-17)26-25-22(23-15-19(28)7-12-24(23)30-25)13-14-31(26)27(32)33-21-10-8-20(29)9-11-21;27-17-3-8-20(9-4-17)34-26(32)30-12-11-21-22-15-18(28)5-10-23(22)29-24(21)25(30)16-1-6-19(7-2-16)33-14-13-31;26-16-5-10-21-20(13-16)19-11-12-32(24(33)34-18-8-6-17(27)7-9-18)23(22(19)31-21)14-1-3-15(4-2-14)25(28,29)30;/h5-14,19,29-30,33-34,39H,1-4,15-18,20H2,(H2,40,41,44);3-12,15-16,26,30H,13-14H2,1-2H3;1-10,15,25,29,31H,11-14H2;1-10,13,23,31H,11-12H2;1H. The van der Waals surface area contributed by atoms with Gasteiger partial charge in [0.1, 0.15) is 78.5 Å². The molecule has 22 rings (SSSR count). The third-order valence-corrected chi connectivity index (χ3v) is 31.2. The summed E-state index contributed by atoms with van der Waals surface area (Å²) in [6.07, 6.45) is -0.760. The van der Waals surface area contributed by atoms with Gasteiger partial charge in [-0.2, -0.15) is 24.9 Å². The summed E-state index contributed by atoms with van der Waals surface area (Å²) in [4.78, 5) is 98.1. The number of thioether (sulfide) groups is 1. The van der Waals surface area contributed by atoms with Crippen molar-refractivity contribution in [1.29, 1.82) is 0 Å². The molecule has 2 fully saturated rings. The highest BCUT2D eigenvalue weighted by Gasteiger charge is 2.45. The van der Waals surface area contributed by atoms with Crippen LogP contribution in [0.4, 0.5) is 37.1 Å². The van der Waals surface area contributed by atoms with Gasteiger partial charge in [-0.25, -0.2) is 24.0 Å². The molecule has 774 valence electrons. The van der Waals surface area contributed by atoms with Crippen LogP contribution in [-0.2, 0) is 41.4 Å². The monoisotopic (exact) mass is 2290 g/mol. The van der Waals surface area contributed by atoms with Gasteiger partial charge in [0.05, 0.1) is 24.3 Å². The first-order valence-corrected chi connectivity index (χ1v) is 53.7. The van der Waals surface area contributed by atoms with Crippen LogP contribution in [0.3, 0.4) is 0 Å². The maximum atomic E-state index is 13.6. The molecule has 150 heavy (non-hydrogen) atoms. The maximum Gasteiger partial charge on any atom is 0.416 e. The van der Waals surface area contributed by atoms with Crippen LogP contribution in [0, 0.1) is 0 Å². The molecule has 36 heteroatoms. The fraction of sp³-hybridized carbons (Fsp3) is 0.246.